The first kappa shape index (κ1) is 22.6. The summed E-state index contributed by atoms with van der Waals surface area (Å²) >= 11 is 5.98. The smallest absolute Gasteiger partial charge is 0.340 e. The van der Waals surface area contributed by atoms with Crippen LogP contribution in [0.5, 0.6) is 0 Å². The summed E-state index contributed by atoms with van der Waals surface area (Å²) in [5.74, 6) is -2.11. The molecule has 1 aromatic carbocycles. The predicted octanol–water partition coefficient (Wildman–Crippen LogP) is 2.90. The van der Waals surface area contributed by atoms with Crippen molar-refractivity contribution in [3.05, 3.63) is 51.3 Å². The van der Waals surface area contributed by atoms with Gasteiger partial charge in [0, 0.05) is 11.9 Å². The van der Waals surface area contributed by atoms with Gasteiger partial charge in [0.1, 0.15) is 0 Å². The van der Waals surface area contributed by atoms with E-state index in [1.54, 1.807) is 13.8 Å². The van der Waals surface area contributed by atoms with E-state index in [4.69, 9.17) is 21.1 Å². The summed E-state index contributed by atoms with van der Waals surface area (Å²) in [6.45, 7) is 4.55. The molecule has 156 valence electrons. The monoisotopic (exact) mass is 441 g/mol. The number of benzene rings is 1. The van der Waals surface area contributed by atoms with Crippen molar-refractivity contribution >= 4 is 39.2 Å². The molecule has 0 radical (unpaired) electrons. The van der Waals surface area contributed by atoms with E-state index in [2.05, 4.69) is 4.98 Å². The van der Waals surface area contributed by atoms with Crippen LogP contribution in [0.25, 0.3) is 0 Å². The Kier molecular flexibility index (Phi) is 6.54. The fourth-order valence-corrected chi connectivity index (χ4v) is 3.62. The number of carbonyl (C=O) groups is 3. The molecule has 0 fully saturated rings. The molecule has 0 bridgehead atoms. The lowest BCUT2D eigenvalue weighted by Gasteiger charge is -2.13. The van der Waals surface area contributed by atoms with Gasteiger partial charge in [-0.1, -0.05) is 11.6 Å². The fraction of sp³-hybridized carbons (Fsp3) is 0.316. The Hall–Kier alpha value is -2.65. The standard InChI is InChI=1S/C19H20ClNO7S/c1-9-15(19(24)27-4)10(2)21-16(9)17(22)11(3)28-18(23)13-8-12(29(5,25)26)6-7-14(13)20/h6-8,11,21H,1-5H3. The lowest BCUT2D eigenvalue weighted by molar-refractivity contribution is 0.0316. The molecule has 1 N–H and O–H groups in total. The molecule has 2 rings (SSSR count). The average Bonchev–Trinajstić information content (AvgIpc) is 2.93. The quantitative estimate of drug-likeness (QED) is 0.540. The van der Waals surface area contributed by atoms with Crippen LogP contribution in [0.15, 0.2) is 23.1 Å². The minimum atomic E-state index is -3.56. The van der Waals surface area contributed by atoms with Gasteiger partial charge in [-0.2, -0.15) is 0 Å². The van der Waals surface area contributed by atoms with Gasteiger partial charge < -0.3 is 14.5 Å². The molecule has 0 spiro atoms. The Morgan fingerprint density at radius 1 is 1.14 bits per heavy atom. The number of aromatic nitrogens is 1. The number of H-pyrrole nitrogens is 1. The van der Waals surface area contributed by atoms with Crippen molar-refractivity contribution in [2.75, 3.05) is 13.4 Å². The summed E-state index contributed by atoms with van der Waals surface area (Å²) in [7, 11) is -2.33. The van der Waals surface area contributed by atoms with Crippen LogP contribution in [0.3, 0.4) is 0 Å². The number of esters is 2. The highest BCUT2D eigenvalue weighted by atomic mass is 35.5. The molecule has 0 aliphatic heterocycles. The van der Waals surface area contributed by atoms with Gasteiger partial charge in [0.05, 0.1) is 33.8 Å². The van der Waals surface area contributed by atoms with Crippen LogP contribution in [0, 0.1) is 13.8 Å². The molecule has 10 heteroatoms. The van der Waals surface area contributed by atoms with Gasteiger partial charge in [0.2, 0.25) is 5.78 Å². The number of aromatic amines is 1. The lowest BCUT2D eigenvalue weighted by atomic mass is 10.1. The van der Waals surface area contributed by atoms with Crippen LogP contribution in [-0.2, 0) is 19.3 Å². The first-order valence-corrected chi connectivity index (χ1v) is 10.7. The second-order valence-electron chi connectivity index (χ2n) is 6.44. The van der Waals surface area contributed by atoms with Crippen molar-refractivity contribution in [2.45, 2.75) is 31.8 Å². The van der Waals surface area contributed by atoms with Crippen LogP contribution < -0.4 is 0 Å². The lowest BCUT2D eigenvalue weighted by Crippen LogP contribution is -2.25. The number of aryl methyl sites for hydroxylation is 1. The number of hydrogen-bond donors (Lipinski definition) is 1. The molecular weight excluding hydrogens is 422 g/mol. The Labute approximate surface area is 173 Å². The highest BCUT2D eigenvalue weighted by Gasteiger charge is 2.28. The van der Waals surface area contributed by atoms with Crippen molar-refractivity contribution in [3.63, 3.8) is 0 Å². The van der Waals surface area contributed by atoms with Crippen LogP contribution >= 0.6 is 11.6 Å². The van der Waals surface area contributed by atoms with Crippen molar-refractivity contribution < 1.29 is 32.3 Å². The third kappa shape index (κ3) is 4.68. The van der Waals surface area contributed by atoms with E-state index in [9.17, 15) is 22.8 Å². The summed E-state index contributed by atoms with van der Waals surface area (Å²) in [5.41, 5.74) is 0.987. The van der Waals surface area contributed by atoms with Gasteiger partial charge in [-0.05, 0) is 44.5 Å². The van der Waals surface area contributed by atoms with E-state index in [-0.39, 0.29) is 26.7 Å². The number of ketones is 1. The molecule has 1 heterocycles. The van der Waals surface area contributed by atoms with E-state index in [1.165, 1.54) is 26.2 Å². The number of rotatable bonds is 6. The minimum Gasteiger partial charge on any atom is -0.465 e. The second-order valence-corrected chi connectivity index (χ2v) is 8.87. The number of methoxy groups -OCH3 is 1. The normalized spacial score (nSPS) is 12.3. The molecule has 0 aliphatic rings. The van der Waals surface area contributed by atoms with Gasteiger partial charge in [-0.25, -0.2) is 18.0 Å². The number of sulfone groups is 1. The highest BCUT2D eigenvalue weighted by Crippen LogP contribution is 2.24. The Morgan fingerprint density at radius 2 is 1.76 bits per heavy atom. The fourth-order valence-electron chi connectivity index (χ4n) is 2.78. The summed E-state index contributed by atoms with van der Waals surface area (Å²) in [4.78, 5) is 39.8. The van der Waals surface area contributed by atoms with Crippen molar-refractivity contribution in [2.24, 2.45) is 0 Å². The maximum absolute atomic E-state index is 12.7. The minimum absolute atomic E-state index is 0.0121. The number of nitrogens with one attached hydrogen (secondary N) is 1. The van der Waals surface area contributed by atoms with Crippen LogP contribution in [0.1, 0.15) is 49.4 Å². The molecule has 0 aliphatic carbocycles. The first-order valence-electron chi connectivity index (χ1n) is 8.40. The van der Waals surface area contributed by atoms with Crippen molar-refractivity contribution in [3.8, 4) is 0 Å². The molecule has 0 amide bonds. The molecule has 1 atom stereocenters. The molecule has 8 nitrogen and oxygen atoms in total. The Morgan fingerprint density at radius 3 is 2.31 bits per heavy atom. The van der Waals surface area contributed by atoms with Crippen LogP contribution in [-0.4, -0.2) is 50.6 Å². The topological polar surface area (TPSA) is 120 Å². The maximum Gasteiger partial charge on any atom is 0.340 e. The summed E-state index contributed by atoms with van der Waals surface area (Å²) in [6, 6.07) is 3.63. The van der Waals surface area contributed by atoms with E-state index in [0.717, 1.165) is 12.3 Å². The number of carbonyl (C=O) groups excluding carboxylic acids is 3. The zero-order valence-electron chi connectivity index (χ0n) is 16.5. The molecule has 29 heavy (non-hydrogen) atoms. The zero-order chi connectivity index (χ0) is 22.1. The molecule has 0 saturated heterocycles. The van der Waals surface area contributed by atoms with E-state index in [0.29, 0.717) is 11.3 Å². The van der Waals surface area contributed by atoms with Gasteiger partial charge in [0.25, 0.3) is 0 Å². The second kappa shape index (κ2) is 8.38. The van der Waals surface area contributed by atoms with E-state index < -0.39 is 33.7 Å². The van der Waals surface area contributed by atoms with Crippen LogP contribution in [0.4, 0.5) is 0 Å². The number of ether oxygens (including phenoxy) is 2. The molecule has 2 aromatic rings. The number of hydrogen-bond acceptors (Lipinski definition) is 7. The van der Waals surface area contributed by atoms with Crippen LogP contribution in [0.2, 0.25) is 5.02 Å². The maximum atomic E-state index is 12.7. The summed E-state index contributed by atoms with van der Waals surface area (Å²) < 4.78 is 33.3. The zero-order valence-corrected chi connectivity index (χ0v) is 18.0. The molecule has 0 saturated carbocycles. The number of halogens is 1. The third-order valence-corrected chi connectivity index (χ3v) is 5.75. The Bertz CT molecular complexity index is 1100. The van der Waals surface area contributed by atoms with Gasteiger partial charge in [0.15, 0.2) is 15.9 Å². The summed E-state index contributed by atoms with van der Waals surface area (Å²) in [6.07, 6.45) is -0.227. The SMILES string of the molecule is COC(=O)c1c(C)[nH]c(C(=O)C(C)OC(=O)c2cc(S(C)(=O)=O)ccc2Cl)c1C. The Balaban J connectivity index is 2.29. The number of Topliss-reactive ketones (excluding diaryl/α,β-unsaturated/α-hetero) is 1. The van der Waals surface area contributed by atoms with E-state index in [1.807, 2.05) is 0 Å². The molecule has 1 aromatic heterocycles. The third-order valence-electron chi connectivity index (χ3n) is 4.31. The molecule has 1 unspecified atom stereocenters. The van der Waals surface area contributed by atoms with Crippen molar-refractivity contribution in [1.29, 1.82) is 0 Å². The van der Waals surface area contributed by atoms with Gasteiger partial charge >= 0.3 is 11.9 Å². The van der Waals surface area contributed by atoms with Gasteiger partial charge in [-0.3, -0.25) is 4.79 Å². The average molecular weight is 442 g/mol. The highest BCUT2D eigenvalue weighted by molar-refractivity contribution is 7.90. The summed E-state index contributed by atoms with van der Waals surface area (Å²) in [5, 5.41) is -0.0121. The van der Waals surface area contributed by atoms with E-state index >= 15 is 0 Å². The largest absolute Gasteiger partial charge is 0.465 e. The van der Waals surface area contributed by atoms with Crippen molar-refractivity contribution in [1.82, 2.24) is 4.98 Å². The predicted molar refractivity (Wildman–Crippen MR) is 105 cm³/mol. The first-order chi connectivity index (χ1) is 13.4. The molecular formula is C19H20ClNO7S. The van der Waals surface area contributed by atoms with Gasteiger partial charge in [-0.15, -0.1) is 0 Å².